The Labute approximate surface area is 94.5 Å². The molecular weight excluding hydrogens is 202 g/mol. The summed E-state index contributed by atoms with van der Waals surface area (Å²) in [5.41, 5.74) is 2.18. The van der Waals surface area contributed by atoms with Gasteiger partial charge in [0.05, 0.1) is 11.7 Å². The highest BCUT2D eigenvalue weighted by Crippen LogP contribution is 2.15. The van der Waals surface area contributed by atoms with E-state index in [1.54, 1.807) is 29.9 Å². The van der Waals surface area contributed by atoms with Crippen molar-refractivity contribution in [2.45, 2.75) is 13.5 Å². The molecular formula is C12H15N3O. The van der Waals surface area contributed by atoms with Crippen molar-refractivity contribution in [1.29, 1.82) is 0 Å². The maximum Gasteiger partial charge on any atom is 0.243 e. The van der Waals surface area contributed by atoms with Gasteiger partial charge in [0.1, 0.15) is 6.54 Å². The highest BCUT2D eigenvalue weighted by molar-refractivity contribution is 5.82. The van der Waals surface area contributed by atoms with Crippen LogP contribution in [0.2, 0.25) is 0 Å². The van der Waals surface area contributed by atoms with Crippen molar-refractivity contribution in [3.8, 4) is 0 Å². The first-order valence-electron chi connectivity index (χ1n) is 5.20. The van der Waals surface area contributed by atoms with Crippen molar-refractivity contribution < 1.29 is 4.79 Å². The number of carbonyl (C=O) groups is 1. The molecule has 0 atom stereocenters. The zero-order valence-electron chi connectivity index (χ0n) is 9.77. The quantitative estimate of drug-likeness (QED) is 0.763. The molecule has 0 saturated carbocycles. The van der Waals surface area contributed by atoms with E-state index in [0.717, 1.165) is 10.9 Å². The summed E-state index contributed by atoms with van der Waals surface area (Å²) < 4.78 is 1.74. The largest absolute Gasteiger partial charge is 0.347 e. The predicted octanol–water partition coefficient (Wildman–Crippen LogP) is 1.43. The Kier molecular flexibility index (Phi) is 2.64. The Morgan fingerprint density at radius 1 is 1.44 bits per heavy atom. The molecule has 1 aromatic heterocycles. The molecule has 1 heterocycles. The fourth-order valence-corrected chi connectivity index (χ4v) is 1.58. The van der Waals surface area contributed by atoms with Crippen LogP contribution in [0.25, 0.3) is 10.9 Å². The number of amides is 1. The van der Waals surface area contributed by atoms with Gasteiger partial charge in [-0.25, -0.2) is 0 Å². The molecule has 0 radical (unpaired) electrons. The molecule has 0 aliphatic carbocycles. The van der Waals surface area contributed by atoms with E-state index in [2.05, 4.69) is 5.10 Å². The Morgan fingerprint density at radius 2 is 2.19 bits per heavy atom. The number of nitrogens with zero attached hydrogens (tertiary/aromatic N) is 3. The average molecular weight is 217 g/mol. The number of rotatable bonds is 2. The smallest absolute Gasteiger partial charge is 0.243 e. The molecule has 1 amide bonds. The van der Waals surface area contributed by atoms with E-state index >= 15 is 0 Å². The van der Waals surface area contributed by atoms with Crippen molar-refractivity contribution >= 4 is 16.8 Å². The monoisotopic (exact) mass is 217 g/mol. The number of aryl methyl sites for hydroxylation is 1. The van der Waals surface area contributed by atoms with Gasteiger partial charge in [-0.3, -0.25) is 9.48 Å². The molecule has 4 heteroatoms. The van der Waals surface area contributed by atoms with Crippen molar-refractivity contribution in [3.05, 3.63) is 30.0 Å². The van der Waals surface area contributed by atoms with Crippen LogP contribution in [0.15, 0.2) is 24.4 Å². The minimum atomic E-state index is 0.0477. The van der Waals surface area contributed by atoms with E-state index in [0.29, 0.717) is 6.54 Å². The van der Waals surface area contributed by atoms with E-state index in [1.807, 2.05) is 25.1 Å². The second-order valence-corrected chi connectivity index (χ2v) is 4.15. The Balaban J connectivity index is 2.38. The molecule has 0 aliphatic heterocycles. The van der Waals surface area contributed by atoms with Gasteiger partial charge in [0.2, 0.25) is 5.91 Å². The van der Waals surface area contributed by atoms with Gasteiger partial charge in [0, 0.05) is 19.5 Å². The highest BCUT2D eigenvalue weighted by Gasteiger charge is 2.08. The lowest BCUT2D eigenvalue weighted by Gasteiger charge is -2.10. The molecule has 0 N–H and O–H groups in total. The van der Waals surface area contributed by atoms with Crippen molar-refractivity contribution in [2.75, 3.05) is 14.1 Å². The topological polar surface area (TPSA) is 38.1 Å². The Hall–Kier alpha value is -1.84. The van der Waals surface area contributed by atoms with E-state index in [-0.39, 0.29) is 5.91 Å². The third kappa shape index (κ3) is 1.91. The van der Waals surface area contributed by atoms with Crippen LogP contribution in [-0.2, 0) is 11.3 Å². The molecule has 16 heavy (non-hydrogen) atoms. The second-order valence-electron chi connectivity index (χ2n) is 4.15. The molecule has 84 valence electrons. The van der Waals surface area contributed by atoms with Gasteiger partial charge in [-0.2, -0.15) is 5.10 Å². The maximum absolute atomic E-state index is 11.6. The first kappa shape index (κ1) is 10.7. The van der Waals surface area contributed by atoms with Crippen molar-refractivity contribution in [1.82, 2.24) is 14.7 Å². The lowest BCUT2D eigenvalue weighted by Crippen LogP contribution is -2.26. The van der Waals surface area contributed by atoms with Crippen molar-refractivity contribution in [3.63, 3.8) is 0 Å². The van der Waals surface area contributed by atoms with Gasteiger partial charge in [0.25, 0.3) is 0 Å². The van der Waals surface area contributed by atoms with Crippen molar-refractivity contribution in [2.24, 2.45) is 0 Å². The van der Waals surface area contributed by atoms with Crippen LogP contribution in [0.3, 0.4) is 0 Å². The lowest BCUT2D eigenvalue weighted by molar-refractivity contribution is -0.129. The minimum absolute atomic E-state index is 0.0477. The lowest BCUT2D eigenvalue weighted by atomic mass is 10.2. The van der Waals surface area contributed by atoms with Gasteiger partial charge in [-0.1, -0.05) is 12.1 Å². The number of fused-ring (bicyclic) bond motifs is 1. The van der Waals surface area contributed by atoms with Gasteiger partial charge < -0.3 is 4.90 Å². The molecule has 0 saturated heterocycles. The molecule has 2 aromatic rings. The number of likely N-dealkylation sites (N-methyl/N-ethyl adjacent to an activating group) is 1. The number of benzene rings is 1. The summed E-state index contributed by atoms with van der Waals surface area (Å²) in [7, 11) is 3.50. The van der Waals surface area contributed by atoms with Gasteiger partial charge in [-0.15, -0.1) is 0 Å². The third-order valence-corrected chi connectivity index (χ3v) is 2.58. The summed E-state index contributed by atoms with van der Waals surface area (Å²) >= 11 is 0. The molecule has 0 aliphatic rings. The van der Waals surface area contributed by atoms with Crippen LogP contribution in [0.5, 0.6) is 0 Å². The summed E-state index contributed by atoms with van der Waals surface area (Å²) in [6.45, 7) is 2.32. The fourth-order valence-electron chi connectivity index (χ4n) is 1.58. The van der Waals surface area contributed by atoms with E-state index in [4.69, 9.17) is 0 Å². The van der Waals surface area contributed by atoms with Crippen LogP contribution in [0, 0.1) is 6.92 Å². The minimum Gasteiger partial charge on any atom is -0.347 e. The average Bonchev–Trinajstić information content (AvgIpc) is 2.61. The van der Waals surface area contributed by atoms with Crippen LogP contribution >= 0.6 is 0 Å². The zero-order valence-corrected chi connectivity index (χ0v) is 9.77. The van der Waals surface area contributed by atoms with Crippen LogP contribution in [0.1, 0.15) is 5.56 Å². The molecule has 0 unspecified atom stereocenters. The Morgan fingerprint density at radius 3 is 2.88 bits per heavy atom. The fraction of sp³-hybridized carbons (Fsp3) is 0.333. The molecule has 0 fully saturated rings. The SMILES string of the molecule is Cc1ccc2cnn(CC(=O)N(C)C)c2c1. The summed E-state index contributed by atoms with van der Waals surface area (Å²) in [6, 6.07) is 6.11. The van der Waals surface area contributed by atoms with Crippen LogP contribution in [-0.4, -0.2) is 34.7 Å². The molecule has 0 spiro atoms. The molecule has 2 rings (SSSR count). The maximum atomic E-state index is 11.6. The standard InChI is InChI=1S/C12H15N3O/c1-9-4-5-10-7-13-15(11(10)6-9)8-12(16)14(2)3/h4-7H,8H2,1-3H3. The number of hydrogen-bond donors (Lipinski definition) is 0. The molecule has 0 bridgehead atoms. The van der Waals surface area contributed by atoms with E-state index < -0.39 is 0 Å². The highest BCUT2D eigenvalue weighted by atomic mass is 16.2. The summed E-state index contributed by atoms with van der Waals surface area (Å²) in [6.07, 6.45) is 1.79. The Bertz CT molecular complexity index is 528. The number of aromatic nitrogens is 2. The van der Waals surface area contributed by atoms with Gasteiger partial charge in [0.15, 0.2) is 0 Å². The molecule has 4 nitrogen and oxygen atoms in total. The normalized spacial score (nSPS) is 10.7. The third-order valence-electron chi connectivity index (χ3n) is 2.58. The summed E-state index contributed by atoms with van der Waals surface area (Å²) in [4.78, 5) is 13.2. The summed E-state index contributed by atoms with van der Waals surface area (Å²) in [5.74, 6) is 0.0477. The van der Waals surface area contributed by atoms with E-state index in [1.165, 1.54) is 5.56 Å². The first-order valence-corrected chi connectivity index (χ1v) is 5.20. The zero-order chi connectivity index (χ0) is 11.7. The van der Waals surface area contributed by atoms with Gasteiger partial charge in [-0.05, 0) is 18.6 Å². The first-order chi connectivity index (χ1) is 7.58. The molecule has 1 aromatic carbocycles. The predicted molar refractivity (Wildman–Crippen MR) is 63.2 cm³/mol. The number of hydrogen-bond acceptors (Lipinski definition) is 2. The van der Waals surface area contributed by atoms with Crippen LogP contribution in [0.4, 0.5) is 0 Å². The van der Waals surface area contributed by atoms with Crippen LogP contribution < -0.4 is 0 Å². The second kappa shape index (κ2) is 3.96. The summed E-state index contributed by atoms with van der Waals surface area (Å²) in [5, 5.41) is 5.29. The number of carbonyl (C=O) groups excluding carboxylic acids is 1. The van der Waals surface area contributed by atoms with Gasteiger partial charge >= 0.3 is 0 Å². The van der Waals surface area contributed by atoms with E-state index in [9.17, 15) is 4.79 Å².